The predicted molar refractivity (Wildman–Crippen MR) is 110 cm³/mol. The molecule has 2 N–H and O–H groups in total. The first kappa shape index (κ1) is 20.1. The topological polar surface area (TPSA) is 99.4 Å². The van der Waals surface area contributed by atoms with E-state index in [-0.39, 0.29) is 28.9 Å². The second-order valence-electron chi connectivity index (χ2n) is 8.06. The van der Waals surface area contributed by atoms with Gasteiger partial charge in [0, 0.05) is 12.7 Å². The lowest BCUT2D eigenvalue weighted by Gasteiger charge is -2.32. The zero-order valence-corrected chi connectivity index (χ0v) is 17.2. The van der Waals surface area contributed by atoms with Gasteiger partial charge in [0.25, 0.3) is 5.91 Å². The monoisotopic (exact) mass is 408 g/mol. The lowest BCUT2D eigenvalue weighted by atomic mass is 9.79. The maximum absolute atomic E-state index is 14.6. The largest absolute Gasteiger partial charge is 0.340 e. The molecule has 0 aliphatic heterocycles. The molecule has 30 heavy (non-hydrogen) atoms. The van der Waals surface area contributed by atoms with Crippen LogP contribution in [0.4, 0.5) is 4.39 Å². The summed E-state index contributed by atoms with van der Waals surface area (Å²) in [5.74, 6) is 0.516. The van der Waals surface area contributed by atoms with E-state index in [4.69, 9.17) is 5.26 Å². The Kier molecular flexibility index (Phi) is 5.53. The highest BCUT2D eigenvalue weighted by Crippen LogP contribution is 2.37. The molecule has 7 nitrogen and oxygen atoms in total. The number of hydrogen-bond donors (Lipinski definition) is 2. The number of fused-ring (bicyclic) bond motifs is 1. The Morgan fingerprint density at radius 3 is 2.83 bits per heavy atom. The molecule has 156 valence electrons. The van der Waals surface area contributed by atoms with Gasteiger partial charge in [-0.2, -0.15) is 10.4 Å². The Morgan fingerprint density at radius 2 is 2.13 bits per heavy atom. The first-order chi connectivity index (χ1) is 14.5. The van der Waals surface area contributed by atoms with Crippen LogP contribution in [0.15, 0.2) is 24.4 Å². The number of nitrogens with one attached hydrogen (secondary N) is 2. The van der Waals surface area contributed by atoms with Crippen LogP contribution in [-0.2, 0) is 6.54 Å². The number of nitriles is 1. The Labute approximate surface area is 174 Å². The summed E-state index contributed by atoms with van der Waals surface area (Å²) in [7, 11) is 0. The Bertz CT molecular complexity index is 1100. The fourth-order valence-corrected chi connectivity index (χ4v) is 4.32. The van der Waals surface area contributed by atoms with Crippen molar-refractivity contribution >= 4 is 16.9 Å². The molecule has 0 radical (unpaired) electrons. The van der Waals surface area contributed by atoms with Crippen molar-refractivity contribution < 1.29 is 9.18 Å². The SMILES string of the molecule is CCn1nccc1C(=O)NC(c1nc2c(F)c(C#N)ccc2[nH]1)C1CCC(C)CC1. The summed E-state index contributed by atoms with van der Waals surface area (Å²) in [6.07, 6.45) is 5.69. The third kappa shape index (κ3) is 3.67. The van der Waals surface area contributed by atoms with Crippen molar-refractivity contribution in [3.05, 3.63) is 47.3 Å². The second kappa shape index (κ2) is 8.27. The van der Waals surface area contributed by atoms with Gasteiger partial charge in [-0.05, 0) is 49.8 Å². The van der Waals surface area contributed by atoms with Crippen LogP contribution in [0.25, 0.3) is 11.0 Å². The lowest BCUT2D eigenvalue weighted by Crippen LogP contribution is -2.36. The van der Waals surface area contributed by atoms with E-state index in [1.807, 2.05) is 13.0 Å². The second-order valence-corrected chi connectivity index (χ2v) is 8.06. The minimum Gasteiger partial charge on any atom is -0.340 e. The third-order valence-corrected chi connectivity index (χ3v) is 6.09. The molecular weight excluding hydrogens is 383 g/mol. The van der Waals surface area contributed by atoms with Gasteiger partial charge in [-0.25, -0.2) is 9.37 Å². The van der Waals surface area contributed by atoms with Crippen molar-refractivity contribution in [3.8, 4) is 6.07 Å². The summed E-state index contributed by atoms with van der Waals surface area (Å²) >= 11 is 0. The predicted octanol–water partition coefficient (Wildman–Crippen LogP) is 4.09. The molecule has 0 spiro atoms. The Morgan fingerprint density at radius 1 is 1.37 bits per heavy atom. The zero-order valence-electron chi connectivity index (χ0n) is 17.2. The highest BCUT2D eigenvalue weighted by Gasteiger charge is 2.32. The first-order valence-electron chi connectivity index (χ1n) is 10.4. The molecule has 1 aliphatic carbocycles. The maximum atomic E-state index is 14.6. The van der Waals surface area contributed by atoms with E-state index in [0.29, 0.717) is 29.5 Å². The average Bonchev–Trinajstić information content (AvgIpc) is 3.40. The van der Waals surface area contributed by atoms with Crippen molar-refractivity contribution in [3.63, 3.8) is 0 Å². The summed E-state index contributed by atoms with van der Waals surface area (Å²) in [5.41, 5.74) is 1.09. The van der Waals surface area contributed by atoms with Gasteiger partial charge in [0.1, 0.15) is 23.1 Å². The van der Waals surface area contributed by atoms with Crippen LogP contribution in [0.1, 0.15) is 67.4 Å². The lowest BCUT2D eigenvalue weighted by molar-refractivity contribution is 0.0894. The zero-order chi connectivity index (χ0) is 21.3. The Balaban J connectivity index is 1.70. The van der Waals surface area contributed by atoms with E-state index in [1.165, 1.54) is 6.07 Å². The number of hydrogen-bond acceptors (Lipinski definition) is 4. The highest BCUT2D eigenvalue weighted by atomic mass is 19.1. The van der Waals surface area contributed by atoms with Gasteiger partial charge in [0.15, 0.2) is 5.82 Å². The van der Waals surface area contributed by atoms with E-state index >= 15 is 0 Å². The molecule has 4 rings (SSSR count). The summed E-state index contributed by atoms with van der Waals surface area (Å²) in [6, 6.07) is 6.26. The maximum Gasteiger partial charge on any atom is 0.270 e. The molecular formula is C22H25FN6O. The van der Waals surface area contributed by atoms with Crippen LogP contribution < -0.4 is 5.32 Å². The highest BCUT2D eigenvalue weighted by molar-refractivity contribution is 5.92. The average molecular weight is 408 g/mol. The molecule has 2 heterocycles. The number of halogens is 1. The number of rotatable bonds is 5. The van der Waals surface area contributed by atoms with Crippen molar-refractivity contribution in [2.24, 2.45) is 11.8 Å². The van der Waals surface area contributed by atoms with Crippen molar-refractivity contribution in [1.29, 1.82) is 5.26 Å². The number of imidazole rings is 1. The van der Waals surface area contributed by atoms with E-state index in [1.54, 1.807) is 23.0 Å². The number of aromatic amines is 1. The smallest absolute Gasteiger partial charge is 0.270 e. The van der Waals surface area contributed by atoms with E-state index in [9.17, 15) is 9.18 Å². The van der Waals surface area contributed by atoms with Gasteiger partial charge >= 0.3 is 0 Å². The quantitative estimate of drug-likeness (QED) is 0.664. The molecule has 1 unspecified atom stereocenters. The summed E-state index contributed by atoms with van der Waals surface area (Å²) in [4.78, 5) is 20.7. The Hall–Kier alpha value is -3.21. The standard InChI is InChI=1S/C22H25FN6O/c1-3-29-17(10-11-25-29)22(30)28-19(14-6-4-13(2)5-7-14)21-26-16-9-8-15(12-24)18(23)20(16)27-21/h8-11,13-14,19H,3-7H2,1-2H3,(H,26,27)(H,28,30). The van der Waals surface area contributed by atoms with E-state index in [2.05, 4.69) is 27.3 Å². The van der Waals surface area contributed by atoms with Crippen molar-refractivity contribution in [2.45, 2.75) is 52.1 Å². The van der Waals surface area contributed by atoms with Crippen LogP contribution in [-0.4, -0.2) is 25.7 Å². The number of amides is 1. The minimum atomic E-state index is -0.635. The molecule has 1 amide bonds. The number of carbonyl (C=O) groups excluding carboxylic acids is 1. The van der Waals surface area contributed by atoms with Crippen molar-refractivity contribution in [1.82, 2.24) is 25.1 Å². The molecule has 8 heteroatoms. The fourth-order valence-electron chi connectivity index (χ4n) is 4.32. The van der Waals surface area contributed by atoms with Crippen LogP contribution in [0, 0.1) is 29.0 Å². The normalized spacial score (nSPS) is 20.1. The molecule has 3 aromatic rings. The molecule has 1 aliphatic rings. The molecule has 0 saturated heterocycles. The molecule has 2 aromatic heterocycles. The van der Waals surface area contributed by atoms with Gasteiger partial charge in [-0.15, -0.1) is 0 Å². The third-order valence-electron chi connectivity index (χ3n) is 6.09. The number of aryl methyl sites for hydroxylation is 1. The fraction of sp³-hybridized carbons (Fsp3) is 0.455. The molecule has 1 fully saturated rings. The summed E-state index contributed by atoms with van der Waals surface area (Å²) in [5, 5.41) is 16.4. The number of benzene rings is 1. The van der Waals surface area contributed by atoms with E-state index < -0.39 is 5.82 Å². The number of H-pyrrole nitrogens is 1. The van der Waals surface area contributed by atoms with Gasteiger partial charge in [-0.1, -0.05) is 19.8 Å². The number of nitrogens with zero attached hydrogens (tertiary/aromatic N) is 4. The van der Waals surface area contributed by atoms with E-state index in [0.717, 1.165) is 25.7 Å². The summed E-state index contributed by atoms with van der Waals surface area (Å²) < 4.78 is 16.3. The van der Waals surface area contributed by atoms with Crippen LogP contribution in [0.5, 0.6) is 0 Å². The van der Waals surface area contributed by atoms with Crippen molar-refractivity contribution in [2.75, 3.05) is 0 Å². The molecule has 1 aromatic carbocycles. The number of aromatic nitrogens is 4. The van der Waals surface area contributed by atoms with Crippen LogP contribution >= 0.6 is 0 Å². The van der Waals surface area contributed by atoms with Crippen LogP contribution in [0.2, 0.25) is 0 Å². The van der Waals surface area contributed by atoms with Gasteiger partial charge in [0.05, 0.1) is 17.1 Å². The van der Waals surface area contributed by atoms with Gasteiger partial charge in [-0.3, -0.25) is 9.48 Å². The molecule has 1 saturated carbocycles. The summed E-state index contributed by atoms with van der Waals surface area (Å²) in [6.45, 7) is 4.76. The van der Waals surface area contributed by atoms with Gasteiger partial charge in [0.2, 0.25) is 0 Å². The number of carbonyl (C=O) groups is 1. The first-order valence-corrected chi connectivity index (χ1v) is 10.4. The van der Waals surface area contributed by atoms with Gasteiger partial charge < -0.3 is 10.3 Å². The molecule has 0 bridgehead atoms. The van der Waals surface area contributed by atoms with Crippen LogP contribution in [0.3, 0.4) is 0 Å². The molecule has 1 atom stereocenters. The minimum absolute atomic E-state index is 0.0422.